The zero-order chi connectivity index (χ0) is 12.7. The number of thiocarbonyl (C=S) groups is 1. The summed E-state index contributed by atoms with van der Waals surface area (Å²) < 4.78 is 39.6. The molecule has 0 saturated heterocycles. The van der Waals surface area contributed by atoms with Gasteiger partial charge in [0.25, 0.3) is 0 Å². The molecule has 2 N–H and O–H groups in total. The molecule has 0 unspecified atom stereocenters. The summed E-state index contributed by atoms with van der Waals surface area (Å²) in [6.07, 6.45) is -2.97. The first-order valence-corrected chi connectivity index (χ1v) is 5.40. The molecule has 1 aromatic carbocycles. The molecule has 92 valence electrons. The molecule has 0 amide bonds. The van der Waals surface area contributed by atoms with Crippen LogP contribution < -0.4 is 10.5 Å². The molecule has 0 aromatic heterocycles. The van der Waals surface area contributed by atoms with Gasteiger partial charge in [-0.1, -0.05) is 24.4 Å². The fourth-order valence-electron chi connectivity index (χ4n) is 1.78. The summed E-state index contributed by atoms with van der Waals surface area (Å²) in [5.41, 5.74) is 6.16. The van der Waals surface area contributed by atoms with Gasteiger partial charge >= 0.3 is 6.36 Å². The van der Waals surface area contributed by atoms with Crippen molar-refractivity contribution in [2.24, 2.45) is 5.73 Å². The first kappa shape index (κ1) is 12.2. The summed E-state index contributed by atoms with van der Waals surface area (Å²) in [5.74, 6) is -0.236. The van der Waals surface area contributed by atoms with Gasteiger partial charge in [-0.05, 0) is 30.5 Å². The SMILES string of the molecule is NC(=S)C1(c2ccc(OC(F)(F)F)cc2)CC1. The second-order valence-corrected chi connectivity index (χ2v) is 4.46. The molecular weight excluding hydrogens is 251 g/mol. The maximum Gasteiger partial charge on any atom is 0.573 e. The van der Waals surface area contributed by atoms with Crippen LogP contribution in [-0.2, 0) is 5.41 Å². The molecule has 1 aliphatic carbocycles. The third kappa shape index (κ3) is 2.52. The summed E-state index contributed by atoms with van der Waals surface area (Å²) >= 11 is 4.96. The molecule has 0 atom stereocenters. The first-order valence-electron chi connectivity index (χ1n) is 5.00. The van der Waals surface area contributed by atoms with Gasteiger partial charge in [0.05, 0.1) is 4.99 Å². The van der Waals surface area contributed by atoms with Crippen LogP contribution in [-0.4, -0.2) is 11.4 Å². The van der Waals surface area contributed by atoms with Crippen LogP contribution >= 0.6 is 12.2 Å². The van der Waals surface area contributed by atoms with Crippen molar-refractivity contribution in [3.8, 4) is 5.75 Å². The zero-order valence-corrected chi connectivity index (χ0v) is 9.57. The molecule has 0 heterocycles. The monoisotopic (exact) mass is 261 g/mol. The van der Waals surface area contributed by atoms with Gasteiger partial charge < -0.3 is 10.5 Å². The van der Waals surface area contributed by atoms with Crippen molar-refractivity contribution in [2.75, 3.05) is 0 Å². The molecule has 1 fully saturated rings. The second-order valence-electron chi connectivity index (χ2n) is 4.02. The third-order valence-corrected chi connectivity index (χ3v) is 3.25. The topological polar surface area (TPSA) is 35.2 Å². The van der Waals surface area contributed by atoms with Gasteiger partial charge in [-0.2, -0.15) is 0 Å². The standard InChI is InChI=1S/C11H10F3NOS/c12-11(13,14)16-8-3-1-7(2-4-8)10(5-6-10)9(15)17/h1-4H,5-6H2,(H2,15,17). The lowest BCUT2D eigenvalue weighted by Gasteiger charge is -2.15. The largest absolute Gasteiger partial charge is 0.573 e. The Hall–Kier alpha value is -1.30. The number of halogens is 3. The molecule has 6 heteroatoms. The van der Waals surface area contributed by atoms with E-state index in [0.29, 0.717) is 4.99 Å². The molecule has 2 nitrogen and oxygen atoms in total. The van der Waals surface area contributed by atoms with E-state index in [1.807, 2.05) is 0 Å². The Morgan fingerprint density at radius 3 is 2.12 bits per heavy atom. The number of benzene rings is 1. The normalized spacial score (nSPS) is 17.6. The van der Waals surface area contributed by atoms with E-state index >= 15 is 0 Å². The predicted molar refractivity (Wildman–Crippen MR) is 60.8 cm³/mol. The number of nitrogens with two attached hydrogens (primary N) is 1. The maximum atomic E-state index is 12.0. The fraction of sp³-hybridized carbons (Fsp3) is 0.364. The fourth-order valence-corrected chi connectivity index (χ4v) is 2.10. The minimum atomic E-state index is -4.66. The highest BCUT2D eigenvalue weighted by Gasteiger charge is 2.47. The molecule has 0 spiro atoms. The van der Waals surface area contributed by atoms with Crippen LogP contribution in [0.25, 0.3) is 0 Å². The Labute approximate surface area is 102 Å². The van der Waals surface area contributed by atoms with E-state index in [-0.39, 0.29) is 11.2 Å². The molecular formula is C11H10F3NOS. The smallest absolute Gasteiger partial charge is 0.406 e. The van der Waals surface area contributed by atoms with Crippen molar-refractivity contribution in [3.05, 3.63) is 29.8 Å². The number of alkyl halides is 3. The Morgan fingerprint density at radius 1 is 1.24 bits per heavy atom. The van der Waals surface area contributed by atoms with Crippen LogP contribution in [0.5, 0.6) is 5.75 Å². The van der Waals surface area contributed by atoms with Crippen molar-refractivity contribution in [2.45, 2.75) is 24.6 Å². The van der Waals surface area contributed by atoms with Crippen molar-refractivity contribution < 1.29 is 17.9 Å². The minimum absolute atomic E-state index is 0.236. The summed E-state index contributed by atoms with van der Waals surface area (Å²) in [6, 6.07) is 5.71. The van der Waals surface area contributed by atoms with E-state index in [0.717, 1.165) is 18.4 Å². The Morgan fingerprint density at radius 2 is 1.76 bits per heavy atom. The van der Waals surface area contributed by atoms with Gasteiger partial charge in [0.2, 0.25) is 0 Å². The quantitative estimate of drug-likeness (QED) is 0.850. The van der Waals surface area contributed by atoms with E-state index in [1.54, 1.807) is 12.1 Å². The van der Waals surface area contributed by atoms with Crippen LogP contribution in [0.3, 0.4) is 0 Å². The van der Waals surface area contributed by atoms with Crippen molar-refractivity contribution in [3.63, 3.8) is 0 Å². The van der Waals surface area contributed by atoms with Crippen LogP contribution in [0.15, 0.2) is 24.3 Å². The van der Waals surface area contributed by atoms with Crippen LogP contribution in [0.2, 0.25) is 0 Å². The molecule has 17 heavy (non-hydrogen) atoms. The number of ether oxygens (including phenoxy) is 1. The molecule has 0 radical (unpaired) electrons. The van der Waals surface area contributed by atoms with Gasteiger partial charge in [-0.15, -0.1) is 13.2 Å². The zero-order valence-electron chi connectivity index (χ0n) is 8.75. The summed E-state index contributed by atoms with van der Waals surface area (Å²) in [5, 5.41) is 0. The summed E-state index contributed by atoms with van der Waals surface area (Å²) in [4.78, 5) is 0.391. The van der Waals surface area contributed by atoms with Crippen molar-refractivity contribution in [1.29, 1.82) is 0 Å². The average molecular weight is 261 g/mol. The summed E-state index contributed by atoms with van der Waals surface area (Å²) in [6.45, 7) is 0. The van der Waals surface area contributed by atoms with E-state index in [1.165, 1.54) is 12.1 Å². The van der Waals surface area contributed by atoms with E-state index < -0.39 is 6.36 Å². The molecule has 0 bridgehead atoms. The Balaban J connectivity index is 2.17. The second kappa shape index (κ2) is 3.87. The lowest BCUT2D eigenvalue weighted by atomic mass is 9.96. The van der Waals surface area contributed by atoms with Crippen LogP contribution in [0.1, 0.15) is 18.4 Å². The number of rotatable bonds is 3. The van der Waals surface area contributed by atoms with Crippen LogP contribution in [0, 0.1) is 0 Å². The Bertz CT molecular complexity index is 437. The lowest BCUT2D eigenvalue weighted by molar-refractivity contribution is -0.274. The van der Waals surface area contributed by atoms with Gasteiger partial charge in [0.15, 0.2) is 0 Å². The first-order chi connectivity index (χ1) is 7.83. The third-order valence-electron chi connectivity index (χ3n) is 2.86. The van der Waals surface area contributed by atoms with Gasteiger partial charge in [0.1, 0.15) is 5.75 Å². The highest BCUT2D eigenvalue weighted by molar-refractivity contribution is 7.80. The maximum absolute atomic E-state index is 12.0. The van der Waals surface area contributed by atoms with Gasteiger partial charge in [-0.25, -0.2) is 0 Å². The Kier molecular flexibility index (Phi) is 2.77. The number of hydrogen-bond acceptors (Lipinski definition) is 2. The molecule has 0 aliphatic heterocycles. The van der Waals surface area contributed by atoms with Crippen molar-refractivity contribution >= 4 is 17.2 Å². The number of hydrogen-bond donors (Lipinski definition) is 1. The summed E-state index contributed by atoms with van der Waals surface area (Å²) in [7, 11) is 0. The average Bonchev–Trinajstić information content (AvgIpc) is 2.97. The van der Waals surface area contributed by atoms with Gasteiger partial charge in [-0.3, -0.25) is 0 Å². The van der Waals surface area contributed by atoms with Crippen molar-refractivity contribution in [1.82, 2.24) is 0 Å². The molecule has 1 saturated carbocycles. The predicted octanol–water partition coefficient (Wildman–Crippen LogP) is 2.90. The highest BCUT2D eigenvalue weighted by Crippen LogP contribution is 2.48. The molecule has 1 aromatic rings. The molecule has 2 rings (SSSR count). The minimum Gasteiger partial charge on any atom is -0.406 e. The lowest BCUT2D eigenvalue weighted by Crippen LogP contribution is -2.26. The van der Waals surface area contributed by atoms with Gasteiger partial charge in [0, 0.05) is 5.41 Å². The van der Waals surface area contributed by atoms with E-state index in [4.69, 9.17) is 18.0 Å². The van der Waals surface area contributed by atoms with E-state index in [2.05, 4.69) is 4.74 Å². The molecule has 1 aliphatic rings. The highest BCUT2D eigenvalue weighted by atomic mass is 32.1. The van der Waals surface area contributed by atoms with Crippen LogP contribution in [0.4, 0.5) is 13.2 Å². The van der Waals surface area contributed by atoms with E-state index in [9.17, 15) is 13.2 Å².